The summed E-state index contributed by atoms with van der Waals surface area (Å²) in [5.74, 6) is 0.948. The minimum absolute atomic E-state index is 0.121. The summed E-state index contributed by atoms with van der Waals surface area (Å²) in [6, 6.07) is 11.5. The van der Waals surface area contributed by atoms with E-state index in [1.807, 2.05) is 18.2 Å². The molecule has 1 saturated heterocycles. The highest BCUT2D eigenvalue weighted by atomic mass is 35.5. The van der Waals surface area contributed by atoms with Crippen molar-refractivity contribution in [1.29, 1.82) is 0 Å². The van der Waals surface area contributed by atoms with Gasteiger partial charge in [-0.2, -0.15) is 0 Å². The maximum atomic E-state index is 12.2. The molecule has 28 heavy (non-hydrogen) atoms. The Labute approximate surface area is 179 Å². The second-order valence-electron chi connectivity index (χ2n) is 7.30. The van der Waals surface area contributed by atoms with Crippen molar-refractivity contribution in [2.75, 3.05) is 16.4 Å². The third-order valence-electron chi connectivity index (χ3n) is 5.23. The Morgan fingerprint density at radius 1 is 1.07 bits per heavy atom. The second kappa shape index (κ2) is 7.56. The third kappa shape index (κ3) is 3.92. The average molecular weight is 455 g/mol. The molecule has 4 nitrogen and oxygen atoms in total. The molecule has 0 aliphatic carbocycles. The number of thioether (sulfide) groups is 1. The summed E-state index contributed by atoms with van der Waals surface area (Å²) >= 11 is 13.7. The van der Waals surface area contributed by atoms with E-state index in [1.165, 1.54) is 11.1 Å². The molecule has 0 aromatic heterocycles. The highest BCUT2D eigenvalue weighted by Crippen LogP contribution is 2.37. The van der Waals surface area contributed by atoms with E-state index >= 15 is 0 Å². The molecule has 2 aliphatic rings. The van der Waals surface area contributed by atoms with E-state index < -0.39 is 9.84 Å². The summed E-state index contributed by atoms with van der Waals surface area (Å²) in [6.45, 7) is 4.14. The van der Waals surface area contributed by atoms with Crippen LogP contribution in [0.5, 0.6) is 0 Å². The van der Waals surface area contributed by atoms with Crippen LogP contribution in [0.1, 0.15) is 16.7 Å². The molecule has 0 saturated carbocycles. The fraction of sp³-hybridized carbons (Fsp3) is 0.350. The van der Waals surface area contributed by atoms with Gasteiger partial charge in [-0.1, -0.05) is 47.1 Å². The number of aryl methyl sites for hydroxylation is 2. The van der Waals surface area contributed by atoms with Gasteiger partial charge in [-0.15, -0.1) is 0 Å². The van der Waals surface area contributed by atoms with Gasteiger partial charge in [-0.05, 0) is 54.8 Å². The first-order valence-corrected chi connectivity index (χ1v) is 12.5. The van der Waals surface area contributed by atoms with E-state index in [0.717, 1.165) is 16.4 Å². The van der Waals surface area contributed by atoms with E-state index in [9.17, 15) is 8.42 Å². The Kier molecular flexibility index (Phi) is 5.42. The van der Waals surface area contributed by atoms with Gasteiger partial charge in [0.1, 0.15) is 0 Å². The molecule has 2 aliphatic heterocycles. The number of hydrogen-bond acceptors (Lipinski definition) is 5. The van der Waals surface area contributed by atoms with E-state index in [-0.39, 0.29) is 23.6 Å². The van der Waals surface area contributed by atoms with Crippen LogP contribution in [0, 0.1) is 13.8 Å². The van der Waals surface area contributed by atoms with Crippen molar-refractivity contribution in [3.05, 3.63) is 63.1 Å². The smallest absolute Gasteiger partial charge is 0.164 e. The summed E-state index contributed by atoms with van der Waals surface area (Å²) in [5.41, 5.74) is 4.43. The van der Waals surface area contributed by atoms with Gasteiger partial charge in [0.2, 0.25) is 0 Å². The molecule has 0 amide bonds. The maximum absolute atomic E-state index is 12.2. The zero-order valence-electron chi connectivity index (χ0n) is 15.5. The average Bonchev–Trinajstić information content (AvgIpc) is 3.09. The number of anilines is 1. The number of nitrogens with zero attached hydrogens (tertiary/aromatic N) is 2. The topological polar surface area (TPSA) is 49.7 Å². The van der Waals surface area contributed by atoms with Crippen molar-refractivity contribution >= 4 is 55.7 Å². The lowest BCUT2D eigenvalue weighted by Crippen LogP contribution is -2.39. The number of rotatable bonds is 3. The molecule has 8 heteroatoms. The number of fused-ring (bicyclic) bond motifs is 1. The van der Waals surface area contributed by atoms with E-state index in [2.05, 4.69) is 30.9 Å². The maximum Gasteiger partial charge on any atom is 0.164 e. The van der Waals surface area contributed by atoms with Crippen LogP contribution >= 0.6 is 35.0 Å². The van der Waals surface area contributed by atoms with Gasteiger partial charge in [0.15, 0.2) is 15.0 Å². The molecule has 2 aromatic carbocycles. The van der Waals surface area contributed by atoms with Crippen LogP contribution in [0.15, 0.2) is 41.4 Å². The first-order chi connectivity index (χ1) is 13.2. The van der Waals surface area contributed by atoms with Gasteiger partial charge < -0.3 is 4.90 Å². The summed E-state index contributed by atoms with van der Waals surface area (Å²) in [7, 11) is -3.06. The van der Waals surface area contributed by atoms with Gasteiger partial charge in [-0.3, -0.25) is 4.99 Å². The summed E-state index contributed by atoms with van der Waals surface area (Å²) in [4.78, 5) is 6.88. The molecule has 2 atom stereocenters. The van der Waals surface area contributed by atoms with Crippen LogP contribution in [-0.4, -0.2) is 37.2 Å². The first kappa shape index (κ1) is 20.1. The minimum Gasteiger partial charge on any atom is -0.315 e. The molecule has 148 valence electrons. The quantitative estimate of drug-likeness (QED) is 0.662. The van der Waals surface area contributed by atoms with E-state index in [1.54, 1.807) is 17.8 Å². The van der Waals surface area contributed by atoms with Gasteiger partial charge in [0, 0.05) is 11.4 Å². The van der Waals surface area contributed by atoms with Crippen LogP contribution < -0.4 is 4.90 Å². The van der Waals surface area contributed by atoms with E-state index in [4.69, 9.17) is 28.2 Å². The second-order valence-corrected chi connectivity index (χ2v) is 11.2. The minimum atomic E-state index is -3.06. The molecule has 0 bridgehead atoms. The number of benzene rings is 2. The Morgan fingerprint density at radius 3 is 2.57 bits per heavy atom. The molecule has 0 N–H and O–H groups in total. The lowest BCUT2D eigenvalue weighted by atomic mass is 10.1. The van der Waals surface area contributed by atoms with Crippen LogP contribution in [0.3, 0.4) is 0 Å². The largest absolute Gasteiger partial charge is 0.315 e. The van der Waals surface area contributed by atoms with Crippen LogP contribution in [0.4, 0.5) is 5.69 Å². The van der Waals surface area contributed by atoms with Crippen LogP contribution in [-0.2, 0) is 15.6 Å². The lowest BCUT2D eigenvalue weighted by molar-refractivity contribution is 0.601. The van der Waals surface area contributed by atoms with Crippen molar-refractivity contribution in [3.63, 3.8) is 0 Å². The van der Waals surface area contributed by atoms with Gasteiger partial charge in [0.25, 0.3) is 0 Å². The number of sulfone groups is 1. The monoisotopic (exact) mass is 454 g/mol. The van der Waals surface area contributed by atoms with Crippen LogP contribution in [0.2, 0.25) is 10.0 Å². The van der Waals surface area contributed by atoms with Gasteiger partial charge in [0.05, 0.1) is 33.6 Å². The summed E-state index contributed by atoms with van der Waals surface area (Å²) < 4.78 is 24.3. The molecular weight excluding hydrogens is 435 g/mol. The van der Waals surface area contributed by atoms with Gasteiger partial charge in [-0.25, -0.2) is 8.42 Å². The Bertz CT molecular complexity index is 1070. The molecule has 0 spiro atoms. The fourth-order valence-electron chi connectivity index (χ4n) is 3.59. The van der Waals surface area contributed by atoms with Crippen molar-refractivity contribution in [2.45, 2.75) is 31.7 Å². The predicted molar refractivity (Wildman–Crippen MR) is 120 cm³/mol. The van der Waals surface area contributed by atoms with Crippen molar-refractivity contribution < 1.29 is 8.42 Å². The fourth-order valence-corrected chi connectivity index (χ4v) is 6.82. The third-order valence-corrected chi connectivity index (χ3v) is 8.70. The zero-order valence-corrected chi connectivity index (χ0v) is 18.7. The highest BCUT2D eigenvalue weighted by Gasteiger charge is 2.47. The number of halogens is 2. The Morgan fingerprint density at radius 2 is 1.86 bits per heavy atom. The standard InChI is InChI=1S/C20H20Cl2N2O2S2/c1-12-3-5-15(7-13(12)2)24-19-11-28(25,26)10-18(19)23-20(24)27-9-14-4-6-16(21)17(22)8-14/h3-8,18-19H,9-11H2,1-2H3/t18-,19-/m1/s1. The molecule has 0 radical (unpaired) electrons. The number of hydrogen-bond donors (Lipinski definition) is 0. The molecule has 2 aromatic rings. The first-order valence-electron chi connectivity index (χ1n) is 8.95. The summed E-state index contributed by atoms with van der Waals surface area (Å²) in [6.07, 6.45) is 0. The molecule has 4 rings (SSSR count). The van der Waals surface area contributed by atoms with Crippen molar-refractivity contribution in [3.8, 4) is 0 Å². The Hall–Kier alpha value is -1.21. The molecular formula is C20H20Cl2N2O2S2. The predicted octanol–water partition coefficient (Wildman–Crippen LogP) is 4.89. The van der Waals surface area contributed by atoms with Crippen LogP contribution in [0.25, 0.3) is 0 Å². The van der Waals surface area contributed by atoms with Gasteiger partial charge >= 0.3 is 0 Å². The van der Waals surface area contributed by atoms with E-state index in [0.29, 0.717) is 15.8 Å². The van der Waals surface area contributed by atoms with Crippen molar-refractivity contribution in [2.24, 2.45) is 4.99 Å². The SMILES string of the molecule is Cc1ccc(N2C(SCc3ccc(Cl)c(Cl)c3)=N[C@@H]3CS(=O)(=O)C[C@H]32)cc1C. The Balaban J connectivity index is 1.63. The lowest BCUT2D eigenvalue weighted by Gasteiger charge is -2.27. The normalized spacial score (nSPS) is 23.0. The molecule has 2 heterocycles. The molecule has 1 fully saturated rings. The van der Waals surface area contributed by atoms with Crippen molar-refractivity contribution in [1.82, 2.24) is 0 Å². The zero-order chi connectivity index (χ0) is 20.1. The summed E-state index contributed by atoms with van der Waals surface area (Å²) in [5, 5.41) is 1.92. The number of aliphatic imine (C=N–C) groups is 1. The highest BCUT2D eigenvalue weighted by molar-refractivity contribution is 8.13. The number of amidine groups is 1. The molecule has 0 unspecified atom stereocenters.